The van der Waals surface area contributed by atoms with Crippen molar-refractivity contribution in [3.05, 3.63) is 0 Å². The van der Waals surface area contributed by atoms with Crippen LogP contribution in [0.5, 0.6) is 0 Å². The van der Waals surface area contributed by atoms with Crippen LogP contribution in [0.1, 0.15) is 25.7 Å². The van der Waals surface area contributed by atoms with Gasteiger partial charge in [-0.1, -0.05) is 15.9 Å². The van der Waals surface area contributed by atoms with Crippen molar-refractivity contribution in [3.8, 4) is 0 Å². The predicted molar refractivity (Wildman–Crippen MR) is 52.9 cm³/mol. The predicted octanol–water partition coefficient (Wildman–Crippen LogP) is 1.21. The molecule has 1 saturated heterocycles. The molecule has 74 valence electrons. The SMILES string of the molecule is O=C(NC1CCOC1)C1(Br)CCC1. The van der Waals surface area contributed by atoms with Gasteiger partial charge in [-0.3, -0.25) is 4.79 Å². The van der Waals surface area contributed by atoms with Crippen molar-refractivity contribution in [1.29, 1.82) is 0 Å². The maximum Gasteiger partial charge on any atom is 0.237 e. The lowest BCUT2D eigenvalue weighted by molar-refractivity contribution is -0.125. The van der Waals surface area contributed by atoms with Crippen LogP contribution in [0.4, 0.5) is 0 Å². The lowest BCUT2D eigenvalue weighted by atomic mass is 9.84. The molecule has 0 spiro atoms. The fourth-order valence-corrected chi connectivity index (χ4v) is 2.35. The van der Waals surface area contributed by atoms with Gasteiger partial charge < -0.3 is 10.1 Å². The molecule has 1 saturated carbocycles. The van der Waals surface area contributed by atoms with Crippen molar-refractivity contribution < 1.29 is 9.53 Å². The number of carbonyl (C=O) groups excluding carboxylic acids is 1. The van der Waals surface area contributed by atoms with Gasteiger partial charge in [0, 0.05) is 6.61 Å². The summed E-state index contributed by atoms with van der Waals surface area (Å²) in [6.07, 6.45) is 4.04. The van der Waals surface area contributed by atoms with Crippen LogP contribution in [0.25, 0.3) is 0 Å². The topological polar surface area (TPSA) is 38.3 Å². The molecule has 0 bridgehead atoms. The van der Waals surface area contributed by atoms with Crippen LogP contribution in [0, 0.1) is 0 Å². The number of rotatable bonds is 2. The quantitative estimate of drug-likeness (QED) is 0.746. The van der Waals surface area contributed by atoms with Crippen molar-refractivity contribution in [3.63, 3.8) is 0 Å². The first-order chi connectivity index (χ1) is 6.21. The number of halogens is 1. The minimum absolute atomic E-state index is 0.147. The van der Waals surface area contributed by atoms with E-state index in [0.29, 0.717) is 6.61 Å². The molecule has 1 unspecified atom stereocenters. The van der Waals surface area contributed by atoms with Crippen molar-refractivity contribution in [2.24, 2.45) is 0 Å². The zero-order valence-electron chi connectivity index (χ0n) is 7.51. The fraction of sp³-hybridized carbons (Fsp3) is 0.889. The molecule has 2 rings (SSSR count). The minimum atomic E-state index is -0.254. The van der Waals surface area contributed by atoms with E-state index in [0.717, 1.165) is 32.3 Å². The van der Waals surface area contributed by atoms with Gasteiger partial charge in [-0.05, 0) is 25.7 Å². The van der Waals surface area contributed by atoms with E-state index < -0.39 is 0 Å². The Balaban J connectivity index is 1.83. The molecule has 1 heterocycles. The Hall–Kier alpha value is -0.0900. The number of amides is 1. The number of hydrogen-bond donors (Lipinski definition) is 1. The molecule has 0 aromatic heterocycles. The molecule has 1 N–H and O–H groups in total. The van der Waals surface area contributed by atoms with Crippen LogP contribution in [-0.4, -0.2) is 29.5 Å². The smallest absolute Gasteiger partial charge is 0.237 e. The molecule has 3 nitrogen and oxygen atoms in total. The lowest BCUT2D eigenvalue weighted by Gasteiger charge is -2.35. The Bertz CT molecular complexity index is 210. The van der Waals surface area contributed by atoms with Gasteiger partial charge in [-0.15, -0.1) is 0 Å². The summed E-state index contributed by atoms with van der Waals surface area (Å²) in [5.41, 5.74) is 0. The summed E-state index contributed by atoms with van der Waals surface area (Å²) in [6, 6.07) is 0.238. The molecule has 1 amide bonds. The molecule has 1 aliphatic carbocycles. The standard InChI is InChI=1S/C9H14BrNO2/c10-9(3-1-4-9)8(12)11-7-2-5-13-6-7/h7H,1-6H2,(H,11,12). The van der Waals surface area contributed by atoms with Gasteiger partial charge >= 0.3 is 0 Å². The first-order valence-corrected chi connectivity index (χ1v) is 5.58. The van der Waals surface area contributed by atoms with Crippen molar-refractivity contribution in [2.45, 2.75) is 36.0 Å². The molecule has 2 aliphatic rings. The third-order valence-corrected chi connectivity index (χ3v) is 3.97. The first kappa shape index (κ1) is 9.46. The van der Waals surface area contributed by atoms with Crippen molar-refractivity contribution >= 4 is 21.8 Å². The highest BCUT2D eigenvalue weighted by molar-refractivity contribution is 9.10. The number of alkyl halides is 1. The average molecular weight is 248 g/mol. The summed E-state index contributed by atoms with van der Waals surface area (Å²) in [4.78, 5) is 11.7. The van der Waals surface area contributed by atoms with Crippen molar-refractivity contribution in [1.82, 2.24) is 5.32 Å². The van der Waals surface area contributed by atoms with Gasteiger partial charge in [0.25, 0.3) is 0 Å². The largest absolute Gasteiger partial charge is 0.379 e. The summed E-state index contributed by atoms with van der Waals surface area (Å²) in [6.45, 7) is 1.45. The number of ether oxygens (including phenoxy) is 1. The van der Waals surface area contributed by atoms with Gasteiger partial charge in [-0.2, -0.15) is 0 Å². The Morgan fingerprint density at radius 3 is 2.77 bits per heavy atom. The van der Waals surface area contributed by atoms with Crippen LogP contribution in [-0.2, 0) is 9.53 Å². The van der Waals surface area contributed by atoms with E-state index in [1.165, 1.54) is 0 Å². The Morgan fingerprint density at radius 2 is 2.31 bits per heavy atom. The molecule has 1 atom stereocenters. The maximum absolute atomic E-state index is 11.7. The van der Waals surface area contributed by atoms with Crippen LogP contribution < -0.4 is 5.32 Å². The highest BCUT2D eigenvalue weighted by Crippen LogP contribution is 2.40. The molecular weight excluding hydrogens is 234 g/mol. The molecule has 4 heteroatoms. The van der Waals surface area contributed by atoms with Crippen LogP contribution in [0.15, 0.2) is 0 Å². The summed E-state index contributed by atoms with van der Waals surface area (Å²) >= 11 is 3.49. The maximum atomic E-state index is 11.7. The van der Waals surface area contributed by atoms with E-state index in [1.54, 1.807) is 0 Å². The van der Waals surface area contributed by atoms with E-state index in [1.807, 2.05) is 0 Å². The Morgan fingerprint density at radius 1 is 1.54 bits per heavy atom. The average Bonchev–Trinajstić information content (AvgIpc) is 2.52. The van der Waals surface area contributed by atoms with E-state index in [-0.39, 0.29) is 16.3 Å². The minimum Gasteiger partial charge on any atom is -0.379 e. The zero-order chi connectivity index (χ0) is 9.31. The number of nitrogens with one attached hydrogen (secondary N) is 1. The highest BCUT2D eigenvalue weighted by Gasteiger charge is 2.42. The van der Waals surface area contributed by atoms with Crippen LogP contribution in [0.2, 0.25) is 0 Å². The Labute approximate surface area is 86.3 Å². The van der Waals surface area contributed by atoms with Gasteiger partial charge in [0.15, 0.2) is 0 Å². The van der Waals surface area contributed by atoms with Crippen molar-refractivity contribution in [2.75, 3.05) is 13.2 Å². The number of carbonyl (C=O) groups is 1. The van der Waals surface area contributed by atoms with Crippen LogP contribution >= 0.6 is 15.9 Å². The van der Waals surface area contributed by atoms with Gasteiger partial charge in [0.2, 0.25) is 5.91 Å². The molecule has 2 fully saturated rings. The number of hydrogen-bond acceptors (Lipinski definition) is 2. The summed E-state index contributed by atoms with van der Waals surface area (Å²) in [7, 11) is 0. The molecule has 1 aliphatic heterocycles. The summed E-state index contributed by atoms with van der Waals surface area (Å²) in [5, 5.41) is 3.01. The van der Waals surface area contributed by atoms with Gasteiger partial charge in [-0.25, -0.2) is 0 Å². The second-order valence-corrected chi connectivity index (χ2v) is 5.37. The monoisotopic (exact) mass is 247 g/mol. The van der Waals surface area contributed by atoms with E-state index >= 15 is 0 Å². The fourth-order valence-electron chi connectivity index (χ4n) is 1.68. The molecule has 0 aromatic rings. The van der Waals surface area contributed by atoms with E-state index in [9.17, 15) is 4.79 Å². The first-order valence-electron chi connectivity index (χ1n) is 4.78. The highest BCUT2D eigenvalue weighted by atomic mass is 79.9. The summed E-state index contributed by atoms with van der Waals surface area (Å²) < 4.78 is 4.94. The second kappa shape index (κ2) is 3.58. The second-order valence-electron chi connectivity index (χ2n) is 3.85. The normalized spacial score (nSPS) is 31.0. The molecule has 0 radical (unpaired) electrons. The van der Waals surface area contributed by atoms with E-state index in [4.69, 9.17) is 4.74 Å². The van der Waals surface area contributed by atoms with Gasteiger partial charge in [0.05, 0.1) is 12.6 Å². The Kier molecular flexibility index (Phi) is 2.60. The lowest BCUT2D eigenvalue weighted by Crippen LogP contribution is -2.50. The molecule has 0 aromatic carbocycles. The molecular formula is C9H14BrNO2. The van der Waals surface area contributed by atoms with Gasteiger partial charge in [0.1, 0.15) is 4.32 Å². The molecule has 13 heavy (non-hydrogen) atoms. The third kappa shape index (κ3) is 1.89. The zero-order valence-corrected chi connectivity index (χ0v) is 9.10. The summed E-state index contributed by atoms with van der Waals surface area (Å²) in [5.74, 6) is 0.147. The third-order valence-electron chi connectivity index (χ3n) is 2.82. The van der Waals surface area contributed by atoms with Crippen LogP contribution in [0.3, 0.4) is 0 Å². The van der Waals surface area contributed by atoms with E-state index in [2.05, 4.69) is 21.2 Å².